The first kappa shape index (κ1) is 12.4. The summed E-state index contributed by atoms with van der Waals surface area (Å²) in [7, 11) is 0. The van der Waals surface area contributed by atoms with E-state index in [-0.39, 0.29) is 12.0 Å². The van der Waals surface area contributed by atoms with Crippen LogP contribution in [0.2, 0.25) is 0 Å². The summed E-state index contributed by atoms with van der Waals surface area (Å²) in [6.07, 6.45) is 1.71. The van der Waals surface area contributed by atoms with Crippen LogP contribution in [0.15, 0.2) is 16.7 Å². The Hall–Kier alpha value is -2.04. The third kappa shape index (κ3) is 2.45. The molecule has 0 saturated heterocycles. The molecule has 0 bridgehead atoms. The maximum absolute atomic E-state index is 5.60. The van der Waals surface area contributed by atoms with Crippen molar-refractivity contribution in [3.05, 3.63) is 34.9 Å². The van der Waals surface area contributed by atoms with Gasteiger partial charge in [0.15, 0.2) is 0 Å². The summed E-state index contributed by atoms with van der Waals surface area (Å²) in [5.41, 5.74) is 7.69. The minimum Gasteiger partial charge on any atom is -0.466 e. The van der Waals surface area contributed by atoms with Crippen LogP contribution < -0.4 is 11.1 Å². The second-order valence-electron chi connectivity index (χ2n) is 4.49. The van der Waals surface area contributed by atoms with Gasteiger partial charge in [-0.15, -0.1) is 0 Å². The van der Waals surface area contributed by atoms with Crippen LogP contribution in [0.4, 0.5) is 11.8 Å². The zero-order valence-corrected chi connectivity index (χ0v) is 11.1. The molecule has 5 heteroatoms. The van der Waals surface area contributed by atoms with E-state index < -0.39 is 0 Å². The summed E-state index contributed by atoms with van der Waals surface area (Å²) < 4.78 is 5.53. The summed E-state index contributed by atoms with van der Waals surface area (Å²) >= 11 is 0. The Bertz CT molecular complexity index is 562. The predicted octanol–water partition coefficient (Wildman–Crippen LogP) is 2.75. The number of rotatable bonds is 3. The molecule has 18 heavy (non-hydrogen) atoms. The molecule has 0 aliphatic rings. The van der Waals surface area contributed by atoms with Crippen molar-refractivity contribution in [1.29, 1.82) is 0 Å². The maximum atomic E-state index is 5.60. The van der Waals surface area contributed by atoms with Crippen LogP contribution in [0.5, 0.6) is 0 Å². The number of nitrogens with zero attached hydrogens (tertiary/aromatic N) is 2. The van der Waals surface area contributed by atoms with Crippen LogP contribution in [-0.2, 0) is 0 Å². The van der Waals surface area contributed by atoms with E-state index in [2.05, 4.69) is 22.2 Å². The summed E-state index contributed by atoms with van der Waals surface area (Å²) in [6, 6.07) is 2.14. The Morgan fingerprint density at radius 1 is 1.33 bits per heavy atom. The van der Waals surface area contributed by atoms with E-state index in [1.807, 2.05) is 26.8 Å². The van der Waals surface area contributed by atoms with Gasteiger partial charge in [-0.05, 0) is 33.8 Å². The highest BCUT2D eigenvalue weighted by atomic mass is 16.3. The van der Waals surface area contributed by atoms with Gasteiger partial charge in [0.25, 0.3) is 0 Å². The average Bonchev–Trinajstić information content (AvgIpc) is 2.63. The monoisotopic (exact) mass is 246 g/mol. The van der Waals surface area contributed by atoms with Crippen LogP contribution >= 0.6 is 0 Å². The van der Waals surface area contributed by atoms with Crippen LogP contribution in [0.25, 0.3) is 0 Å². The fourth-order valence-corrected chi connectivity index (χ4v) is 1.97. The summed E-state index contributed by atoms with van der Waals surface area (Å²) in [5.74, 6) is 2.87. The normalized spacial score (nSPS) is 12.4. The SMILES string of the molecule is Cc1cc(C(C)Nc2nc(N)ncc2C)c(C)o1. The van der Waals surface area contributed by atoms with Crippen molar-refractivity contribution >= 4 is 11.8 Å². The number of anilines is 2. The molecule has 2 heterocycles. The standard InChI is InChI=1S/C13H18N4O/c1-7-6-15-13(14)17-12(7)16-9(3)11-5-8(2)18-10(11)4/h5-6,9H,1-4H3,(H3,14,15,16,17). The van der Waals surface area contributed by atoms with Crippen molar-refractivity contribution in [2.45, 2.75) is 33.7 Å². The molecule has 5 nitrogen and oxygen atoms in total. The largest absolute Gasteiger partial charge is 0.466 e. The molecule has 1 unspecified atom stereocenters. The minimum atomic E-state index is 0.107. The Labute approximate surface area is 106 Å². The van der Waals surface area contributed by atoms with Gasteiger partial charge in [0.2, 0.25) is 5.95 Å². The smallest absolute Gasteiger partial charge is 0.221 e. The van der Waals surface area contributed by atoms with Crippen LogP contribution in [-0.4, -0.2) is 9.97 Å². The van der Waals surface area contributed by atoms with Gasteiger partial charge in [-0.25, -0.2) is 4.98 Å². The van der Waals surface area contributed by atoms with E-state index in [0.717, 1.165) is 28.5 Å². The first-order valence-electron chi connectivity index (χ1n) is 5.90. The van der Waals surface area contributed by atoms with Crippen molar-refractivity contribution in [1.82, 2.24) is 9.97 Å². The average molecular weight is 246 g/mol. The van der Waals surface area contributed by atoms with Crippen molar-refractivity contribution < 1.29 is 4.42 Å². The van der Waals surface area contributed by atoms with Gasteiger partial charge in [-0.3, -0.25) is 0 Å². The third-order valence-electron chi connectivity index (χ3n) is 2.89. The molecule has 1 atom stereocenters. The van der Waals surface area contributed by atoms with E-state index in [4.69, 9.17) is 10.2 Å². The van der Waals surface area contributed by atoms with Crippen molar-refractivity contribution in [2.75, 3.05) is 11.1 Å². The third-order valence-corrected chi connectivity index (χ3v) is 2.89. The van der Waals surface area contributed by atoms with E-state index in [1.165, 1.54) is 0 Å². The number of hydrogen-bond acceptors (Lipinski definition) is 5. The number of nitrogen functional groups attached to an aromatic ring is 1. The Kier molecular flexibility index (Phi) is 3.23. The molecule has 0 aromatic carbocycles. The number of aryl methyl sites for hydroxylation is 3. The first-order valence-corrected chi connectivity index (χ1v) is 5.90. The highest BCUT2D eigenvalue weighted by Crippen LogP contribution is 2.25. The topological polar surface area (TPSA) is 77.0 Å². The Balaban J connectivity index is 2.23. The second kappa shape index (κ2) is 4.68. The molecular formula is C13H18N4O. The molecule has 0 radical (unpaired) electrons. The van der Waals surface area contributed by atoms with Gasteiger partial charge in [0.05, 0.1) is 6.04 Å². The summed E-state index contributed by atoms with van der Waals surface area (Å²) in [5, 5.41) is 3.33. The summed E-state index contributed by atoms with van der Waals surface area (Å²) in [4.78, 5) is 8.15. The van der Waals surface area contributed by atoms with Gasteiger partial charge in [0.1, 0.15) is 17.3 Å². The molecule has 0 saturated carbocycles. The van der Waals surface area contributed by atoms with Crippen LogP contribution in [0.1, 0.15) is 35.6 Å². The van der Waals surface area contributed by atoms with Crippen LogP contribution in [0, 0.1) is 20.8 Å². The quantitative estimate of drug-likeness (QED) is 0.870. The fraction of sp³-hybridized carbons (Fsp3) is 0.385. The highest BCUT2D eigenvalue weighted by Gasteiger charge is 2.14. The number of nitrogens with two attached hydrogens (primary N) is 1. The van der Waals surface area contributed by atoms with Gasteiger partial charge >= 0.3 is 0 Å². The lowest BCUT2D eigenvalue weighted by molar-refractivity contribution is 0.499. The first-order chi connectivity index (χ1) is 8.47. The molecule has 2 rings (SSSR count). The van der Waals surface area contributed by atoms with Gasteiger partial charge < -0.3 is 15.5 Å². The summed E-state index contributed by atoms with van der Waals surface area (Å²) in [6.45, 7) is 7.91. The van der Waals surface area contributed by atoms with Crippen LogP contribution in [0.3, 0.4) is 0 Å². The van der Waals surface area contributed by atoms with Gasteiger partial charge in [-0.2, -0.15) is 4.98 Å². The number of hydrogen-bond donors (Lipinski definition) is 2. The molecule has 0 aliphatic heterocycles. The van der Waals surface area contributed by atoms with E-state index >= 15 is 0 Å². The minimum absolute atomic E-state index is 0.107. The lowest BCUT2D eigenvalue weighted by atomic mass is 10.1. The van der Waals surface area contributed by atoms with Crippen molar-refractivity contribution in [3.63, 3.8) is 0 Å². The lowest BCUT2D eigenvalue weighted by Gasteiger charge is -2.15. The van der Waals surface area contributed by atoms with Gasteiger partial charge in [0, 0.05) is 17.3 Å². The molecule has 2 aromatic rings. The predicted molar refractivity (Wildman–Crippen MR) is 71.4 cm³/mol. The van der Waals surface area contributed by atoms with E-state index in [9.17, 15) is 0 Å². The highest BCUT2D eigenvalue weighted by molar-refractivity contribution is 5.47. The maximum Gasteiger partial charge on any atom is 0.221 e. The van der Waals surface area contributed by atoms with E-state index in [0.29, 0.717) is 0 Å². The number of furan rings is 1. The van der Waals surface area contributed by atoms with Crippen molar-refractivity contribution in [3.8, 4) is 0 Å². The molecule has 0 spiro atoms. The van der Waals surface area contributed by atoms with Gasteiger partial charge in [-0.1, -0.05) is 0 Å². The molecule has 3 N–H and O–H groups in total. The number of aromatic nitrogens is 2. The molecule has 0 fully saturated rings. The molecule has 0 amide bonds. The Morgan fingerprint density at radius 3 is 2.67 bits per heavy atom. The number of nitrogens with one attached hydrogen (secondary N) is 1. The fourth-order valence-electron chi connectivity index (χ4n) is 1.97. The zero-order chi connectivity index (χ0) is 13.3. The second-order valence-corrected chi connectivity index (χ2v) is 4.49. The molecule has 0 aliphatic carbocycles. The zero-order valence-electron chi connectivity index (χ0n) is 11.1. The Morgan fingerprint density at radius 2 is 2.06 bits per heavy atom. The molecular weight excluding hydrogens is 228 g/mol. The molecule has 2 aromatic heterocycles. The lowest BCUT2D eigenvalue weighted by Crippen LogP contribution is -2.11. The molecule has 96 valence electrons. The van der Waals surface area contributed by atoms with Crippen molar-refractivity contribution in [2.24, 2.45) is 0 Å². The van der Waals surface area contributed by atoms with E-state index in [1.54, 1.807) is 6.20 Å².